The predicted octanol–water partition coefficient (Wildman–Crippen LogP) is 6.43. The minimum atomic E-state index is -4.62. The van der Waals surface area contributed by atoms with Crippen LogP contribution in [0.4, 0.5) is 17.6 Å². The van der Waals surface area contributed by atoms with Crippen molar-refractivity contribution < 1.29 is 36.3 Å². The Bertz CT molecular complexity index is 1940. The first-order valence-electron chi connectivity index (χ1n) is 14.5. The number of thioether (sulfide) groups is 1. The van der Waals surface area contributed by atoms with Crippen LogP contribution in [0.1, 0.15) is 45.5 Å². The zero-order valence-electron chi connectivity index (χ0n) is 25.1. The Labute approximate surface area is 275 Å². The standard InChI is InChI=1S/C33H26F4N6O4S/c1-46-25-13-9-20(10-14-25)26-17-27(21-7-11-23(34)12-8-21)43(41-26)30(44)19-48-32-40-39-29(18-38-31(45)28-6-3-15-47-28)42(32)24-5-2-4-22(16-24)33(35,36)37/h2-16,27H,17-19H2,1H3,(H,38,45). The van der Waals surface area contributed by atoms with Gasteiger partial charge >= 0.3 is 6.18 Å². The van der Waals surface area contributed by atoms with Crippen molar-refractivity contribution in [2.24, 2.45) is 5.10 Å². The number of carbonyl (C=O) groups excluding carboxylic acids is 2. The number of nitrogens with zero attached hydrogens (tertiary/aromatic N) is 5. The van der Waals surface area contributed by atoms with Gasteiger partial charge in [0.15, 0.2) is 16.7 Å². The summed E-state index contributed by atoms with van der Waals surface area (Å²) in [6.45, 7) is -0.203. The van der Waals surface area contributed by atoms with Gasteiger partial charge in [0, 0.05) is 6.42 Å². The highest BCUT2D eigenvalue weighted by atomic mass is 32.2. The Morgan fingerprint density at radius 1 is 1.02 bits per heavy atom. The van der Waals surface area contributed by atoms with Crippen LogP contribution in [0, 0.1) is 5.82 Å². The fourth-order valence-corrected chi connectivity index (χ4v) is 5.90. The molecule has 0 spiro atoms. The van der Waals surface area contributed by atoms with Gasteiger partial charge < -0.3 is 14.5 Å². The van der Waals surface area contributed by atoms with Crippen molar-refractivity contribution >= 4 is 29.3 Å². The molecule has 10 nitrogen and oxygen atoms in total. The van der Waals surface area contributed by atoms with Crippen LogP contribution in [-0.4, -0.2) is 50.2 Å². The van der Waals surface area contributed by atoms with Crippen molar-refractivity contribution in [3.8, 4) is 11.4 Å². The van der Waals surface area contributed by atoms with Crippen LogP contribution < -0.4 is 10.1 Å². The lowest BCUT2D eigenvalue weighted by molar-refractivity contribution is -0.137. The van der Waals surface area contributed by atoms with Gasteiger partial charge in [-0.25, -0.2) is 9.40 Å². The van der Waals surface area contributed by atoms with Crippen LogP contribution in [0.25, 0.3) is 5.69 Å². The second kappa shape index (κ2) is 13.7. The van der Waals surface area contributed by atoms with Gasteiger partial charge in [-0.2, -0.15) is 18.3 Å². The van der Waals surface area contributed by atoms with E-state index in [1.54, 1.807) is 31.4 Å². The van der Waals surface area contributed by atoms with Crippen LogP contribution in [0.15, 0.2) is 106 Å². The van der Waals surface area contributed by atoms with E-state index in [0.29, 0.717) is 23.4 Å². The maximum absolute atomic E-state index is 13.8. The summed E-state index contributed by atoms with van der Waals surface area (Å²) in [6.07, 6.45) is -2.93. The van der Waals surface area contributed by atoms with E-state index in [-0.39, 0.29) is 34.7 Å². The Hall–Kier alpha value is -5.44. The number of alkyl halides is 3. The fraction of sp³-hybridized carbons (Fsp3) is 0.182. The molecule has 0 fully saturated rings. The molecule has 1 aliphatic heterocycles. The number of furan rings is 1. The van der Waals surface area contributed by atoms with Crippen LogP contribution in [0.3, 0.4) is 0 Å². The third kappa shape index (κ3) is 7.10. The second-order valence-corrected chi connectivity index (χ2v) is 11.5. The summed E-state index contributed by atoms with van der Waals surface area (Å²) < 4.78 is 66.4. The molecule has 0 saturated carbocycles. The number of nitrogens with one attached hydrogen (secondary N) is 1. The monoisotopic (exact) mass is 678 g/mol. The number of carbonyl (C=O) groups is 2. The number of hydrogen-bond acceptors (Lipinski definition) is 8. The zero-order valence-corrected chi connectivity index (χ0v) is 26.0. The van der Waals surface area contributed by atoms with E-state index < -0.39 is 35.4 Å². The Balaban J connectivity index is 1.28. The van der Waals surface area contributed by atoms with Gasteiger partial charge in [-0.1, -0.05) is 30.0 Å². The molecule has 15 heteroatoms. The molecule has 0 aliphatic carbocycles. The van der Waals surface area contributed by atoms with Gasteiger partial charge in [-0.3, -0.25) is 14.2 Å². The highest BCUT2D eigenvalue weighted by molar-refractivity contribution is 7.99. The number of halogens is 4. The second-order valence-electron chi connectivity index (χ2n) is 10.5. The van der Waals surface area contributed by atoms with Crippen LogP contribution in [0.2, 0.25) is 0 Å². The number of aromatic nitrogens is 3. The van der Waals surface area contributed by atoms with E-state index in [1.165, 1.54) is 52.2 Å². The van der Waals surface area contributed by atoms with Crippen LogP contribution in [-0.2, 0) is 17.5 Å². The first-order chi connectivity index (χ1) is 23.1. The molecule has 3 aromatic carbocycles. The van der Waals surface area contributed by atoms with Gasteiger partial charge in [0.25, 0.3) is 11.8 Å². The van der Waals surface area contributed by atoms with Gasteiger partial charge in [-0.15, -0.1) is 10.2 Å². The molecule has 0 radical (unpaired) electrons. The number of rotatable bonds is 10. The highest BCUT2D eigenvalue weighted by Gasteiger charge is 2.34. The van der Waals surface area contributed by atoms with E-state index in [2.05, 4.69) is 20.6 Å². The zero-order chi connectivity index (χ0) is 33.8. The number of hydrogen-bond donors (Lipinski definition) is 1. The average Bonchev–Trinajstić information content (AvgIpc) is 3.87. The molecule has 0 saturated heterocycles. The van der Waals surface area contributed by atoms with Crippen molar-refractivity contribution in [3.63, 3.8) is 0 Å². The molecule has 6 rings (SSSR count). The summed E-state index contributed by atoms with van der Waals surface area (Å²) in [4.78, 5) is 26.3. The molecule has 1 aliphatic rings. The minimum Gasteiger partial charge on any atom is -0.497 e. The van der Waals surface area contributed by atoms with E-state index in [4.69, 9.17) is 9.15 Å². The van der Waals surface area contributed by atoms with Crippen molar-refractivity contribution in [2.45, 2.75) is 30.3 Å². The molecule has 0 bridgehead atoms. The Morgan fingerprint density at radius 3 is 2.48 bits per heavy atom. The number of ether oxygens (including phenoxy) is 1. The molecule has 2 aromatic heterocycles. The first-order valence-corrected chi connectivity index (χ1v) is 15.4. The largest absolute Gasteiger partial charge is 0.497 e. The number of hydrazone groups is 1. The molecule has 1 atom stereocenters. The molecule has 5 aromatic rings. The lowest BCUT2D eigenvalue weighted by atomic mass is 9.98. The third-order valence-corrected chi connectivity index (χ3v) is 8.37. The van der Waals surface area contributed by atoms with Crippen LogP contribution in [0.5, 0.6) is 5.75 Å². The molecule has 3 heterocycles. The topological polar surface area (TPSA) is 115 Å². The van der Waals surface area contributed by atoms with Gasteiger partial charge in [-0.05, 0) is 77.9 Å². The van der Waals surface area contributed by atoms with Crippen molar-refractivity contribution in [2.75, 3.05) is 12.9 Å². The molecule has 2 amide bonds. The third-order valence-electron chi connectivity index (χ3n) is 7.45. The molecule has 246 valence electrons. The summed E-state index contributed by atoms with van der Waals surface area (Å²) in [5.74, 6) is -0.815. The minimum absolute atomic E-state index is 0.0382. The van der Waals surface area contributed by atoms with E-state index >= 15 is 0 Å². The molecular weight excluding hydrogens is 652 g/mol. The molecule has 48 heavy (non-hydrogen) atoms. The van der Waals surface area contributed by atoms with E-state index in [1.807, 2.05) is 12.1 Å². The van der Waals surface area contributed by atoms with Gasteiger partial charge in [0.2, 0.25) is 0 Å². The first kappa shape index (κ1) is 32.5. The van der Waals surface area contributed by atoms with Crippen molar-refractivity contribution in [3.05, 3.63) is 125 Å². The van der Waals surface area contributed by atoms with Crippen molar-refractivity contribution in [1.29, 1.82) is 0 Å². The summed E-state index contributed by atoms with van der Waals surface area (Å²) in [7, 11) is 1.55. The smallest absolute Gasteiger partial charge is 0.416 e. The van der Waals surface area contributed by atoms with E-state index in [0.717, 1.165) is 29.5 Å². The Morgan fingerprint density at radius 2 is 1.79 bits per heavy atom. The number of methoxy groups -OCH3 is 1. The summed E-state index contributed by atoms with van der Waals surface area (Å²) in [6, 6.07) is 20.0. The maximum atomic E-state index is 13.8. The predicted molar refractivity (Wildman–Crippen MR) is 167 cm³/mol. The van der Waals surface area contributed by atoms with Gasteiger partial charge in [0.05, 0.1) is 48.7 Å². The highest BCUT2D eigenvalue weighted by Crippen LogP contribution is 2.35. The average molecular weight is 679 g/mol. The fourth-order valence-electron chi connectivity index (χ4n) is 5.08. The normalized spacial score (nSPS) is 14.6. The maximum Gasteiger partial charge on any atom is 0.416 e. The van der Waals surface area contributed by atoms with Gasteiger partial charge in [0.1, 0.15) is 11.6 Å². The molecular formula is C33H26F4N6O4S. The molecule has 1 N–H and O–H groups in total. The van der Waals surface area contributed by atoms with E-state index in [9.17, 15) is 27.2 Å². The lowest BCUT2D eigenvalue weighted by Crippen LogP contribution is -2.28. The summed E-state index contributed by atoms with van der Waals surface area (Å²) in [5.41, 5.74) is 1.26. The lowest BCUT2D eigenvalue weighted by Gasteiger charge is -2.22. The summed E-state index contributed by atoms with van der Waals surface area (Å²) >= 11 is 0.945. The summed E-state index contributed by atoms with van der Waals surface area (Å²) in [5, 5.41) is 17.0. The van der Waals surface area contributed by atoms with Crippen LogP contribution >= 0.6 is 11.8 Å². The molecule has 1 unspecified atom stereocenters. The quantitative estimate of drug-likeness (QED) is 0.134. The Kier molecular flexibility index (Phi) is 9.30. The number of benzene rings is 3. The van der Waals surface area contributed by atoms with Crippen molar-refractivity contribution in [1.82, 2.24) is 25.1 Å². The SMILES string of the molecule is COc1ccc(C2=NN(C(=O)CSc3nnc(CNC(=O)c4ccco4)n3-c3cccc(C(F)(F)F)c3)C(c3ccc(F)cc3)C2)cc1. The number of amides is 2.